The van der Waals surface area contributed by atoms with Crippen LogP contribution in [0.25, 0.3) is 0 Å². The number of carbonyl (C=O) groups excluding carboxylic acids is 2. The Balaban J connectivity index is 2.28. The van der Waals surface area contributed by atoms with Gasteiger partial charge in [-0.05, 0) is 37.0 Å². The van der Waals surface area contributed by atoms with Crippen molar-refractivity contribution in [3.05, 3.63) is 0 Å². The third-order valence-electron chi connectivity index (χ3n) is 5.52. The topological polar surface area (TPSA) is 49.4 Å². The second-order valence-electron chi connectivity index (χ2n) is 7.90. The van der Waals surface area contributed by atoms with E-state index in [2.05, 4.69) is 19.2 Å². The number of rotatable bonds is 2. The van der Waals surface area contributed by atoms with Crippen LogP contribution in [0.15, 0.2) is 0 Å². The molecule has 21 heavy (non-hydrogen) atoms. The van der Waals surface area contributed by atoms with Crippen LogP contribution in [0.1, 0.15) is 60.8 Å². The summed E-state index contributed by atoms with van der Waals surface area (Å²) in [4.78, 5) is 27.2. The van der Waals surface area contributed by atoms with Gasteiger partial charge in [-0.2, -0.15) is 0 Å². The molecule has 2 rings (SSSR count). The molecule has 0 aromatic carbocycles. The van der Waals surface area contributed by atoms with E-state index in [4.69, 9.17) is 0 Å². The van der Waals surface area contributed by atoms with Crippen LogP contribution in [0.4, 0.5) is 0 Å². The predicted molar refractivity (Wildman–Crippen MR) is 83.7 cm³/mol. The van der Waals surface area contributed by atoms with E-state index < -0.39 is 6.04 Å². The van der Waals surface area contributed by atoms with Crippen LogP contribution >= 0.6 is 0 Å². The lowest BCUT2D eigenvalue weighted by Crippen LogP contribution is -2.68. The lowest BCUT2D eigenvalue weighted by atomic mass is 9.82. The fraction of sp³-hybridized carbons (Fsp3) is 0.882. The maximum Gasteiger partial charge on any atom is 0.246 e. The number of nitrogens with zero attached hydrogens (tertiary/aromatic N) is 1. The highest BCUT2D eigenvalue weighted by atomic mass is 16.2. The van der Waals surface area contributed by atoms with Gasteiger partial charge < -0.3 is 10.2 Å². The molecule has 120 valence electrons. The summed E-state index contributed by atoms with van der Waals surface area (Å²) in [7, 11) is 0. The van der Waals surface area contributed by atoms with E-state index in [1.807, 2.05) is 32.6 Å². The van der Waals surface area contributed by atoms with Gasteiger partial charge in [0, 0.05) is 6.04 Å². The van der Waals surface area contributed by atoms with Crippen LogP contribution in [0.2, 0.25) is 0 Å². The van der Waals surface area contributed by atoms with Gasteiger partial charge in [0.1, 0.15) is 12.1 Å². The highest BCUT2D eigenvalue weighted by Crippen LogP contribution is 2.39. The van der Waals surface area contributed by atoms with Gasteiger partial charge in [0.05, 0.1) is 0 Å². The number of carbonyl (C=O) groups is 2. The first kappa shape index (κ1) is 16.3. The molecular weight excluding hydrogens is 264 g/mol. The Labute approximate surface area is 128 Å². The third-order valence-corrected chi connectivity index (χ3v) is 5.52. The van der Waals surface area contributed by atoms with Crippen LogP contribution in [-0.4, -0.2) is 34.8 Å². The molecular formula is C17H30N2O2. The smallest absolute Gasteiger partial charge is 0.246 e. The largest absolute Gasteiger partial charge is 0.342 e. The van der Waals surface area contributed by atoms with Crippen molar-refractivity contribution in [1.82, 2.24) is 10.2 Å². The van der Waals surface area contributed by atoms with Crippen LogP contribution in [0, 0.1) is 17.3 Å². The number of hydrogen-bond acceptors (Lipinski definition) is 2. The molecule has 5 atom stereocenters. The molecule has 0 spiro atoms. The van der Waals surface area contributed by atoms with E-state index >= 15 is 0 Å². The van der Waals surface area contributed by atoms with Crippen molar-refractivity contribution >= 4 is 11.8 Å². The van der Waals surface area contributed by atoms with Crippen molar-refractivity contribution in [2.45, 2.75) is 78.9 Å². The van der Waals surface area contributed by atoms with Gasteiger partial charge in [-0.1, -0.05) is 41.0 Å². The summed E-state index contributed by atoms with van der Waals surface area (Å²) in [5, 5.41) is 2.92. The van der Waals surface area contributed by atoms with Gasteiger partial charge in [-0.15, -0.1) is 0 Å². The molecule has 0 aromatic rings. The molecule has 1 aliphatic carbocycles. The molecule has 4 nitrogen and oxygen atoms in total. The van der Waals surface area contributed by atoms with E-state index in [1.165, 1.54) is 6.42 Å². The van der Waals surface area contributed by atoms with Gasteiger partial charge in [0.2, 0.25) is 11.8 Å². The Bertz CT molecular complexity index is 427. The third kappa shape index (κ3) is 2.82. The second-order valence-corrected chi connectivity index (χ2v) is 7.90. The fourth-order valence-corrected chi connectivity index (χ4v) is 4.02. The zero-order valence-corrected chi connectivity index (χ0v) is 14.3. The maximum atomic E-state index is 13.0. The molecule has 5 unspecified atom stereocenters. The molecule has 1 aliphatic heterocycles. The normalized spacial score (nSPS) is 37.8. The summed E-state index contributed by atoms with van der Waals surface area (Å²) >= 11 is 0. The Morgan fingerprint density at radius 3 is 2.29 bits per heavy atom. The Hall–Kier alpha value is -1.06. The molecule has 1 heterocycles. The first-order valence-electron chi connectivity index (χ1n) is 8.31. The summed E-state index contributed by atoms with van der Waals surface area (Å²) in [6, 6.07) is -0.540. The highest BCUT2D eigenvalue weighted by Gasteiger charge is 2.48. The minimum atomic E-state index is -0.408. The molecule has 0 aromatic heterocycles. The first-order valence-corrected chi connectivity index (χ1v) is 8.31. The van der Waals surface area contributed by atoms with E-state index in [0.29, 0.717) is 11.8 Å². The van der Waals surface area contributed by atoms with Crippen molar-refractivity contribution in [2.75, 3.05) is 0 Å². The van der Waals surface area contributed by atoms with Crippen molar-refractivity contribution in [3.8, 4) is 0 Å². The van der Waals surface area contributed by atoms with Gasteiger partial charge in [0.15, 0.2) is 0 Å². The lowest BCUT2D eigenvalue weighted by Gasteiger charge is -2.46. The molecule has 0 bridgehead atoms. The standard InChI is InChI=1S/C17H30N2O2/c1-7-12-8-9-13(10(12)2)19-11(3)15(20)18-14(16(19)21)17(4,5)6/h10-14H,7-9H2,1-6H3,(H,18,20). The van der Waals surface area contributed by atoms with Crippen LogP contribution in [0.5, 0.6) is 0 Å². The number of hydrogen-bond donors (Lipinski definition) is 1. The van der Waals surface area contributed by atoms with E-state index in [9.17, 15) is 9.59 Å². The van der Waals surface area contributed by atoms with Gasteiger partial charge >= 0.3 is 0 Å². The van der Waals surface area contributed by atoms with Crippen molar-refractivity contribution < 1.29 is 9.59 Å². The number of nitrogens with one attached hydrogen (secondary N) is 1. The highest BCUT2D eigenvalue weighted by molar-refractivity contribution is 5.97. The van der Waals surface area contributed by atoms with Crippen molar-refractivity contribution in [2.24, 2.45) is 17.3 Å². The summed E-state index contributed by atoms with van der Waals surface area (Å²) in [6.07, 6.45) is 3.35. The minimum absolute atomic E-state index is 0.0123. The van der Waals surface area contributed by atoms with Gasteiger partial charge in [0.25, 0.3) is 0 Å². The zero-order valence-electron chi connectivity index (χ0n) is 14.3. The molecule has 1 saturated heterocycles. The number of amides is 2. The number of piperazine rings is 1. The van der Waals surface area contributed by atoms with Crippen LogP contribution in [0.3, 0.4) is 0 Å². The monoisotopic (exact) mass is 294 g/mol. The zero-order chi connectivity index (χ0) is 15.9. The SMILES string of the molecule is CCC1CCC(N2C(=O)C(C(C)(C)C)NC(=O)C2C)C1C. The molecule has 4 heteroatoms. The fourth-order valence-electron chi connectivity index (χ4n) is 4.02. The van der Waals surface area contributed by atoms with Crippen molar-refractivity contribution in [3.63, 3.8) is 0 Å². The first-order chi connectivity index (χ1) is 9.68. The average molecular weight is 294 g/mol. The van der Waals surface area contributed by atoms with Crippen LogP contribution < -0.4 is 5.32 Å². The van der Waals surface area contributed by atoms with Crippen molar-refractivity contribution in [1.29, 1.82) is 0 Å². The Morgan fingerprint density at radius 2 is 1.81 bits per heavy atom. The molecule has 2 aliphatic rings. The quantitative estimate of drug-likeness (QED) is 0.851. The molecule has 2 amide bonds. The molecule has 1 N–H and O–H groups in total. The summed E-state index contributed by atoms with van der Waals surface area (Å²) in [5.41, 5.74) is -0.253. The summed E-state index contributed by atoms with van der Waals surface area (Å²) < 4.78 is 0. The molecule has 1 saturated carbocycles. The van der Waals surface area contributed by atoms with Crippen LogP contribution in [-0.2, 0) is 9.59 Å². The lowest BCUT2D eigenvalue weighted by molar-refractivity contribution is -0.155. The van der Waals surface area contributed by atoms with E-state index in [1.54, 1.807) is 0 Å². The Kier molecular flexibility index (Phi) is 4.36. The average Bonchev–Trinajstić information content (AvgIpc) is 2.74. The molecule has 0 radical (unpaired) electrons. The second kappa shape index (κ2) is 5.62. The van der Waals surface area contributed by atoms with E-state index in [-0.39, 0.29) is 29.3 Å². The van der Waals surface area contributed by atoms with Gasteiger partial charge in [-0.3, -0.25) is 9.59 Å². The minimum Gasteiger partial charge on any atom is -0.342 e. The molecule has 2 fully saturated rings. The summed E-state index contributed by atoms with van der Waals surface area (Å²) in [5.74, 6) is 1.24. The maximum absolute atomic E-state index is 13.0. The Morgan fingerprint density at radius 1 is 1.19 bits per heavy atom. The van der Waals surface area contributed by atoms with E-state index in [0.717, 1.165) is 12.8 Å². The van der Waals surface area contributed by atoms with Gasteiger partial charge in [-0.25, -0.2) is 0 Å². The predicted octanol–water partition coefficient (Wildman–Crippen LogP) is 2.57. The summed E-state index contributed by atoms with van der Waals surface area (Å²) in [6.45, 7) is 12.4.